The highest BCUT2D eigenvalue weighted by molar-refractivity contribution is 5.85. The summed E-state index contributed by atoms with van der Waals surface area (Å²) in [7, 11) is 3.29. The van der Waals surface area contributed by atoms with Crippen LogP contribution in [0.2, 0.25) is 0 Å². The van der Waals surface area contributed by atoms with E-state index in [0.717, 1.165) is 35.5 Å². The molecule has 18 heavy (non-hydrogen) atoms. The number of aryl methyl sites for hydroxylation is 1. The predicted octanol–water partition coefficient (Wildman–Crippen LogP) is 2.17. The van der Waals surface area contributed by atoms with E-state index in [1.54, 1.807) is 14.2 Å². The molecule has 0 unspecified atom stereocenters. The molecule has 0 spiro atoms. The third-order valence-electron chi connectivity index (χ3n) is 2.78. The van der Waals surface area contributed by atoms with E-state index in [1.807, 2.05) is 19.1 Å². The van der Waals surface area contributed by atoms with Crippen molar-refractivity contribution >= 4 is 12.4 Å². The smallest absolute Gasteiger partial charge is 0.127 e. The summed E-state index contributed by atoms with van der Waals surface area (Å²) >= 11 is 0. The lowest BCUT2D eigenvalue weighted by Gasteiger charge is -2.19. The predicted molar refractivity (Wildman–Crippen MR) is 76.7 cm³/mol. The molecule has 0 aliphatic rings. The topological polar surface area (TPSA) is 70.5 Å². The van der Waals surface area contributed by atoms with Crippen molar-refractivity contribution in [1.29, 1.82) is 0 Å². The van der Waals surface area contributed by atoms with Crippen molar-refractivity contribution in [1.82, 2.24) is 0 Å². The van der Waals surface area contributed by atoms with Crippen LogP contribution >= 0.6 is 12.4 Å². The summed E-state index contributed by atoms with van der Waals surface area (Å²) in [4.78, 5) is 0. The van der Waals surface area contributed by atoms with Gasteiger partial charge in [0.1, 0.15) is 11.5 Å². The lowest BCUT2D eigenvalue weighted by atomic mass is 9.99. The minimum atomic E-state index is -0.107. The van der Waals surface area contributed by atoms with Crippen LogP contribution in [0, 0.1) is 6.92 Å². The van der Waals surface area contributed by atoms with E-state index in [2.05, 4.69) is 0 Å². The maximum absolute atomic E-state index is 6.17. The van der Waals surface area contributed by atoms with Crippen molar-refractivity contribution < 1.29 is 9.47 Å². The molecule has 104 valence electrons. The number of hydrogen-bond donors (Lipinski definition) is 2. The van der Waals surface area contributed by atoms with Gasteiger partial charge in [0, 0.05) is 6.04 Å². The van der Waals surface area contributed by atoms with Crippen molar-refractivity contribution in [2.45, 2.75) is 25.8 Å². The molecule has 4 N–H and O–H groups in total. The normalized spacial score (nSPS) is 11.6. The largest absolute Gasteiger partial charge is 0.496 e. The van der Waals surface area contributed by atoms with Gasteiger partial charge in [-0.2, -0.15) is 0 Å². The van der Waals surface area contributed by atoms with Crippen LogP contribution in [0.3, 0.4) is 0 Å². The van der Waals surface area contributed by atoms with Crippen molar-refractivity contribution in [2.24, 2.45) is 11.5 Å². The molecule has 0 heterocycles. The fourth-order valence-electron chi connectivity index (χ4n) is 1.92. The number of ether oxygens (including phenoxy) is 2. The quantitative estimate of drug-likeness (QED) is 0.834. The summed E-state index contributed by atoms with van der Waals surface area (Å²) in [5.74, 6) is 1.57. The Hall–Kier alpha value is -0.970. The second kappa shape index (κ2) is 8.19. The summed E-state index contributed by atoms with van der Waals surface area (Å²) < 4.78 is 10.8. The van der Waals surface area contributed by atoms with E-state index in [4.69, 9.17) is 20.9 Å². The van der Waals surface area contributed by atoms with Crippen molar-refractivity contribution in [3.8, 4) is 11.5 Å². The molecular weight excluding hydrogens is 252 g/mol. The fraction of sp³-hybridized carbons (Fsp3) is 0.538. The average molecular weight is 275 g/mol. The molecule has 0 aromatic heterocycles. The summed E-state index contributed by atoms with van der Waals surface area (Å²) in [6.07, 6.45) is 1.72. The van der Waals surface area contributed by atoms with E-state index in [0.29, 0.717) is 6.54 Å². The summed E-state index contributed by atoms with van der Waals surface area (Å²) in [6, 6.07) is 3.84. The van der Waals surface area contributed by atoms with Crippen molar-refractivity contribution in [2.75, 3.05) is 20.8 Å². The molecule has 1 aromatic rings. The SMILES string of the molecule is COc1cc(C)cc(OC)c1[C@H](N)CCCN.Cl. The van der Waals surface area contributed by atoms with Crippen LogP contribution in [0.5, 0.6) is 11.5 Å². The fourth-order valence-corrected chi connectivity index (χ4v) is 1.92. The van der Waals surface area contributed by atoms with E-state index in [-0.39, 0.29) is 18.4 Å². The molecule has 5 heteroatoms. The second-order valence-corrected chi connectivity index (χ2v) is 4.12. The van der Waals surface area contributed by atoms with Crippen molar-refractivity contribution in [3.63, 3.8) is 0 Å². The third-order valence-corrected chi connectivity index (χ3v) is 2.78. The van der Waals surface area contributed by atoms with Gasteiger partial charge >= 0.3 is 0 Å². The first-order chi connectivity index (χ1) is 8.13. The molecule has 1 rings (SSSR count). The van der Waals surface area contributed by atoms with Crippen LogP contribution in [0.25, 0.3) is 0 Å². The Kier molecular flexibility index (Phi) is 7.75. The van der Waals surface area contributed by atoms with Crippen LogP contribution in [-0.2, 0) is 0 Å². The first-order valence-corrected chi connectivity index (χ1v) is 5.82. The van der Waals surface area contributed by atoms with Gasteiger partial charge in [0.25, 0.3) is 0 Å². The zero-order chi connectivity index (χ0) is 12.8. The highest BCUT2D eigenvalue weighted by atomic mass is 35.5. The van der Waals surface area contributed by atoms with Gasteiger partial charge in [0.2, 0.25) is 0 Å². The minimum Gasteiger partial charge on any atom is -0.496 e. The van der Waals surface area contributed by atoms with E-state index in [1.165, 1.54) is 0 Å². The molecule has 0 bridgehead atoms. The monoisotopic (exact) mass is 274 g/mol. The van der Waals surface area contributed by atoms with Gasteiger partial charge in [-0.25, -0.2) is 0 Å². The number of methoxy groups -OCH3 is 2. The zero-order valence-corrected chi connectivity index (χ0v) is 12.0. The molecule has 0 saturated carbocycles. The lowest BCUT2D eigenvalue weighted by Crippen LogP contribution is -2.15. The van der Waals surface area contributed by atoms with Gasteiger partial charge in [-0.15, -0.1) is 12.4 Å². The molecular formula is C13H23ClN2O2. The summed E-state index contributed by atoms with van der Waals surface area (Å²) in [6.45, 7) is 2.64. The molecule has 0 amide bonds. The molecule has 0 aliphatic heterocycles. The van der Waals surface area contributed by atoms with E-state index in [9.17, 15) is 0 Å². The van der Waals surface area contributed by atoms with Gasteiger partial charge in [-0.05, 0) is 44.0 Å². The lowest BCUT2D eigenvalue weighted by molar-refractivity contribution is 0.376. The highest BCUT2D eigenvalue weighted by Gasteiger charge is 2.17. The minimum absolute atomic E-state index is 0. The molecule has 1 aromatic carbocycles. The number of nitrogens with two attached hydrogens (primary N) is 2. The highest BCUT2D eigenvalue weighted by Crippen LogP contribution is 2.36. The Morgan fingerprint density at radius 2 is 1.67 bits per heavy atom. The zero-order valence-electron chi connectivity index (χ0n) is 11.2. The van der Waals surface area contributed by atoms with Gasteiger partial charge in [0.15, 0.2) is 0 Å². The van der Waals surface area contributed by atoms with Crippen LogP contribution < -0.4 is 20.9 Å². The Balaban J connectivity index is 0.00000289. The first kappa shape index (κ1) is 17.0. The van der Waals surface area contributed by atoms with Gasteiger partial charge < -0.3 is 20.9 Å². The van der Waals surface area contributed by atoms with Crippen LogP contribution in [0.4, 0.5) is 0 Å². The number of rotatable bonds is 6. The molecule has 0 fully saturated rings. The van der Waals surface area contributed by atoms with Gasteiger partial charge in [-0.3, -0.25) is 0 Å². The van der Waals surface area contributed by atoms with Gasteiger partial charge in [-0.1, -0.05) is 0 Å². The van der Waals surface area contributed by atoms with Crippen LogP contribution in [0.1, 0.15) is 30.0 Å². The maximum atomic E-state index is 6.17. The average Bonchev–Trinajstić information content (AvgIpc) is 2.34. The number of halogens is 1. The van der Waals surface area contributed by atoms with Crippen LogP contribution in [0.15, 0.2) is 12.1 Å². The molecule has 0 saturated heterocycles. The Morgan fingerprint density at radius 1 is 1.17 bits per heavy atom. The van der Waals surface area contributed by atoms with Gasteiger partial charge in [0.05, 0.1) is 19.8 Å². The number of hydrogen-bond acceptors (Lipinski definition) is 4. The number of benzene rings is 1. The summed E-state index contributed by atoms with van der Waals surface area (Å²) in [5, 5.41) is 0. The Labute approximate surface area is 115 Å². The molecule has 4 nitrogen and oxygen atoms in total. The Morgan fingerprint density at radius 3 is 2.06 bits per heavy atom. The van der Waals surface area contributed by atoms with Crippen molar-refractivity contribution in [3.05, 3.63) is 23.3 Å². The first-order valence-electron chi connectivity index (χ1n) is 5.82. The van der Waals surface area contributed by atoms with E-state index < -0.39 is 0 Å². The Bertz CT molecular complexity index is 347. The second-order valence-electron chi connectivity index (χ2n) is 4.12. The molecule has 0 radical (unpaired) electrons. The standard InChI is InChI=1S/C13H22N2O2.ClH/c1-9-7-11(16-2)13(12(8-9)17-3)10(15)5-4-6-14;/h7-8,10H,4-6,14-15H2,1-3H3;1H/t10-;/m1./s1. The third kappa shape index (κ3) is 4.05. The van der Waals surface area contributed by atoms with Crippen LogP contribution in [-0.4, -0.2) is 20.8 Å². The molecule has 0 aliphatic carbocycles. The summed E-state index contributed by atoms with van der Waals surface area (Å²) in [5.41, 5.74) is 13.7. The van der Waals surface area contributed by atoms with E-state index >= 15 is 0 Å². The molecule has 1 atom stereocenters. The maximum Gasteiger partial charge on any atom is 0.127 e.